The molecular formula is C21H34NO2+. The van der Waals surface area contributed by atoms with Crippen LogP contribution >= 0.6 is 0 Å². The Bertz CT molecular complexity index is 500. The predicted octanol–water partition coefficient (Wildman–Crippen LogP) is 2.73. The van der Waals surface area contributed by atoms with Crippen molar-refractivity contribution in [2.45, 2.75) is 70.7 Å². The lowest BCUT2D eigenvalue weighted by Crippen LogP contribution is -3.13. The van der Waals surface area contributed by atoms with Crippen molar-refractivity contribution < 1.29 is 14.4 Å². The van der Waals surface area contributed by atoms with E-state index in [-0.39, 0.29) is 11.7 Å². The van der Waals surface area contributed by atoms with E-state index < -0.39 is 0 Å². The summed E-state index contributed by atoms with van der Waals surface area (Å²) in [5.41, 5.74) is 2.99. The molecule has 0 bridgehead atoms. The number of aryl methyl sites for hydroxylation is 1. The van der Waals surface area contributed by atoms with E-state index in [0.29, 0.717) is 6.10 Å². The summed E-state index contributed by atoms with van der Waals surface area (Å²) in [7, 11) is 0. The van der Waals surface area contributed by atoms with Gasteiger partial charge < -0.3 is 14.4 Å². The van der Waals surface area contributed by atoms with Crippen LogP contribution in [-0.2, 0) is 21.3 Å². The van der Waals surface area contributed by atoms with Crippen molar-refractivity contribution >= 4 is 0 Å². The van der Waals surface area contributed by atoms with E-state index in [2.05, 4.69) is 45.0 Å². The highest BCUT2D eigenvalue weighted by molar-refractivity contribution is 5.27. The van der Waals surface area contributed by atoms with Crippen LogP contribution in [0.15, 0.2) is 24.3 Å². The summed E-state index contributed by atoms with van der Waals surface area (Å²) < 4.78 is 12.0. The van der Waals surface area contributed by atoms with Gasteiger partial charge in [0.2, 0.25) is 0 Å². The fourth-order valence-corrected chi connectivity index (χ4v) is 3.80. The average Bonchev–Trinajstić information content (AvgIpc) is 3.01. The van der Waals surface area contributed by atoms with Crippen LogP contribution in [0.25, 0.3) is 0 Å². The molecule has 134 valence electrons. The monoisotopic (exact) mass is 332 g/mol. The maximum Gasteiger partial charge on any atom is 0.158 e. The average molecular weight is 333 g/mol. The molecule has 2 heterocycles. The summed E-state index contributed by atoms with van der Waals surface area (Å²) in [6.45, 7) is 11.3. The first-order valence-corrected chi connectivity index (χ1v) is 9.71. The summed E-state index contributed by atoms with van der Waals surface area (Å²) in [6, 6.07) is 9.03. The quantitative estimate of drug-likeness (QED) is 0.896. The van der Waals surface area contributed by atoms with E-state index >= 15 is 0 Å². The maximum absolute atomic E-state index is 6.12. The van der Waals surface area contributed by atoms with Gasteiger partial charge in [0.25, 0.3) is 0 Å². The molecule has 3 rings (SSSR count). The Morgan fingerprint density at radius 3 is 2.42 bits per heavy atom. The van der Waals surface area contributed by atoms with Crippen molar-refractivity contribution in [3.8, 4) is 0 Å². The lowest BCUT2D eigenvalue weighted by atomic mass is 9.86. The number of hydrogen-bond acceptors (Lipinski definition) is 2. The maximum atomic E-state index is 6.12. The summed E-state index contributed by atoms with van der Waals surface area (Å²) in [6.07, 6.45) is 6.42. The summed E-state index contributed by atoms with van der Waals surface area (Å²) in [5.74, 6) is 0. The molecule has 0 saturated carbocycles. The van der Waals surface area contributed by atoms with E-state index in [4.69, 9.17) is 9.47 Å². The number of ether oxygens (including phenoxy) is 2. The van der Waals surface area contributed by atoms with Crippen molar-refractivity contribution in [1.29, 1.82) is 0 Å². The van der Waals surface area contributed by atoms with E-state index in [9.17, 15) is 0 Å². The molecule has 24 heavy (non-hydrogen) atoms. The molecule has 2 aliphatic rings. The Hall–Kier alpha value is -0.900. The fourth-order valence-electron chi connectivity index (χ4n) is 3.80. The minimum atomic E-state index is -0.0125. The summed E-state index contributed by atoms with van der Waals surface area (Å²) in [4.78, 5) is 1.70. The zero-order valence-corrected chi connectivity index (χ0v) is 15.6. The molecule has 1 aromatic rings. The molecule has 0 radical (unpaired) electrons. The number of piperidine rings is 1. The summed E-state index contributed by atoms with van der Waals surface area (Å²) >= 11 is 0. The Morgan fingerprint density at radius 2 is 1.75 bits per heavy atom. The van der Waals surface area contributed by atoms with Crippen molar-refractivity contribution in [3.05, 3.63) is 35.4 Å². The van der Waals surface area contributed by atoms with Crippen LogP contribution in [0.5, 0.6) is 0 Å². The highest BCUT2D eigenvalue weighted by Gasteiger charge is 2.29. The second-order valence-electron chi connectivity index (χ2n) is 8.52. The molecule has 0 unspecified atom stereocenters. The molecule has 3 nitrogen and oxygen atoms in total. The normalized spacial score (nSPS) is 26.0. The Kier molecular flexibility index (Phi) is 5.96. The molecule has 2 atom stereocenters. The van der Waals surface area contributed by atoms with Gasteiger partial charge in [0.05, 0.1) is 19.7 Å². The molecule has 1 N–H and O–H groups in total. The standard InChI is InChI=1S/C21H33NO2/c1-21(2,3)18-10-7-17(8-11-18)9-12-20-23-16-19(24-20)15-22-13-5-4-6-14-22/h7-8,10-11,19-20H,4-6,9,12-16H2,1-3H3/p+1/t19-,20-/m1/s1. The molecule has 2 fully saturated rings. The number of benzene rings is 1. The fraction of sp³-hybridized carbons (Fsp3) is 0.714. The first kappa shape index (κ1) is 17.9. The Balaban J connectivity index is 1.41. The van der Waals surface area contributed by atoms with E-state index in [1.54, 1.807) is 4.90 Å². The second kappa shape index (κ2) is 7.99. The number of hydrogen-bond donors (Lipinski definition) is 1. The first-order valence-electron chi connectivity index (χ1n) is 9.71. The van der Waals surface area contributed by atoms with Crippen LogP contribution in [0.4, 0.5) is 0 Å². The number of quaternary nitrogens is 1. The van der Waals surface area contributed by atoms with Crippen LogP contribution in [0.1, 0.15) is 57.6 Å². The number of rotatable bonds is 5. The van der Waals surface area contributed by atoms with E-state index in [1.165, 1.54) is 43.5 Å². The van der Waals surface area contributed by atoms with Gasteiger partial charge in [-0.05, 0) is 42.2 Å². The highest BCUT2D eigenvalue weighted by Crippen LogP contribution is 2.23. The van der Waals surface area contributed by atoms with Crippen LogP contribution < -0.4 is 4.90 Å². The number of nitrogens with one attached hydrogen (secondary N) is 1. The van der Waals surface area contributed by atoms with Gasteiger partial charge in [-0.1, -0.05) is 45.0 Å². The van der Waals surface area contributed by atoms with Crippen LogP contribution in [0, 0.1) is 0 Å². The van der Waals surface area contributed by atoms with Gasteiger partial charge >= 0.3 is 0 Å². The molecule has 0 amide bonds. The topological polar surface area (TPSA) is 22.9 Å². The molecule has 1 aromatic carbocycles. The Morgan fingerprint density at radius 1 is 1.04 bits per heavy atom. The van der Waals surface area contributed by atoms with E-state index in [0.717, 1.165) is 26.0 Å². The smallest absolute Gasteiger partial charge is 0.158 e. The zero-order valence-electron chi connectivity index (χ0n) is 15.6. The molecule has 3 heteroatoms. The van der Waals surface area contributed by atoms with Crippen molar-refractivity contribution in [1.82, 2.24) is 0 Å². The third-order valence-corrected chi connectivity index (χ3v) is 5.38. The SMILES string of the molecule is CC(C)(C)c1ccc(CC[C@@H]2OC[C@@H](C[NH+]3CCCCC3)O2)cc1. The first-order chi connectivity index (χ1) is 11.5. The van der Waals surface area contributed by atoms with Gasteiger partial charge in [0, 0.05) is 6.42 Å². The highest BCUT2D eigenvalue weighted by atomic mass is 16.7. The predicted molar refractivity (Wildman–Crippen MR) is 97.5 cm³/mol. The number of likely N-dealkylation sites (tertiary alicyclic amines) is 1. The van der Waals surface area contributed by atoms with Gasteiger partial charge in [-0.2, -0.15) is 0 Å². The van der Waals surface area contributed by atoms with Gasteiger partial charge in [-0.3, -0.25) is 0 Å². The molecule has 2 saturated heterocycles. The summed E-state index contributed by atoms with van der Waals surface area (Å²) in [5, 5.41) is 0. The van der Waals surface area contributed by atoms with Gasteiger partial charge in [-0.15, -0.1) is 0 Å². The lowest BCUT2D eigenvalue weighted by Gasteiger charge is -2.25. The lowest BCUT2D eigenvalue weighted by molar-refractivity contribution is -0.907. The molecule has 2 aliphatic heterocycles. The largest absolute Gasteiger partial charge is 0.350 e. The van der Waals surface area contributed by atoms with Crippen molar-refractivity contribution in [2.75, 3.05) is 26.2 Å². The minimum Gasteiger partial charge on any atom is -0.350 e. The van der Waals surface area contributed by atoms with Gasteiger partial charge in [0.1, 0.15) is 12.6 Å². The van der Waals surface area contributed by atoms with E-state index in [1.807, 2.05) is 0 Å². The third-order valence-electron chi connectivity index (χ3n) is 5.38. The molecule has 0 aromatic heterocycles. The molecule has 0 aliphatic carbocycles. The van der Waals surface area contributed by atoms with Gasteiger partial charge in [-0.25, -0.2) is 0 Å². The Labute approximate surface area is 147 Å². The third kappa shape index (κ3) is 5.05. The second-order valence-corrected chi connectivity index (χ2v) is 8.52. The van der Waals surface area contributed by atoms with Crippen molar-refractivity contribution in [3.63, 3.8) is 0 Å². The minimum absolute atomic E-state index is 0.0125. The van der Waals surface area contributed by atoms with Crippen LogP contribution in [-0.4, -0.2) is 38.6 Å². The van der Waals surface area contributed by atoms with Crippen molar-refractivity contribution in [2.24, 2.45) is 0 Å². The molecule has 0 spiro atoms. The van der Waals surface area contributed by atoms with Crippen LogP contribution in [0.2, 0.25) is 0 Å². The zero-order chi connectivity index (χ0) is 17.0. The van der Waals surface area contributed by atoms with Gasteiger partial charge in [0.15, 0.2) is 6.29 Å². The van der Waals surface area contributed by atoms with Crippen LogP contribution in [0.3, 0.4) is 0 Å². The molecular weight excluding hydrogens is 298 g/mol.